The number of carboxylic acid groups (broad SMARTS) is 1. The van der Waals surface area contributed by atoms with Crippen LogP contribution in [0.4, 0.5) is 5.69 Å². The van der Waals surface area contributed by atoms with Gasteiger partial charge in [0.15, 0.2) is 0 Å². The number of benzene rings is 1. The highest BCUT2D eigenvalue weighted by atomic mass is 32.2. The van der Waals surface area contributed by atoms with E-state index in [1.54, 1.807) is 24.3 Å². The molecule has 1 unspecified atom stereocenters. The minimum Gasteiger partial charge on any atom is -0.481 e. The third kappa shape index (κ3) is 4.20. The summed E-state index contributed by atoms with van der Waals surface area (Å²) in [4.78, 5) is 11.0. The Morgan fingerprint density at radius 1 is 1.27 bits per heavy atom. The number of carboxylic acids is 1. The highest BCUT2D eigenvalue weighted by Gasteiger charge is 2.25. The molecule has 0 aliphatic carbocycles. The predicted octanol–water partition coefficient (Wildman–Crippen LogP) is 2.09. The molecule has 0 radical (unpaired) electrons. The summed E-state index contributed by atoms with van der Waals surface area (Å²) in [5, 5.41) is 9.07. The van der Waals surface area contributed by atoms with Crippen LogP contribution >= 0.6 is 0 Å². The lowest BCUT2D eigenvalue weighted by molar-refractivity contribution is -0.141. The molecule has 2 N–H and O–H groups in total. The van der Waals surface area contributed by atoms with Crippen LogP contribution < -0.4 is 4.72 Å². The number of nitrogens with zero attached hydrogens (tertiary/aromatic N) is 1. The summed E-state index contributed by atoms with van der Waals surface area (Å²) in [5.41, 5.74) is 1.39. The minimum atomic E-state index is -3.48. The van der Waals surface area contributed by atoms with Crippen molar-refractivity contribution in [1.82, 2.24) is 4.31 Å². The van der Waals surface area contributed by atoms with Crippen molar-refractivity contribution in [3.05, 3.63) is 29.8 Å². The van der Waals surface area contributed by atoms with Crippen LogP contribution in [-0.2, 0) is 21.4 Å². The van der Waals surface area contributed by atoms with Gasteiger partial charge in [-0.15, -0.1) is 0 Å². The molecule has 1 aromatic rings. The standard InChI is InChI=1S/C15H22N2O4S/c1-2-13(15(18)19)11-12-5-7-14(8-6-12)16-22(20,21)17-9-3-4-10-17/h5-8,13,16H,2-4,9-11H2,1H3,(H,18,19). The molecule has 0 bridgehead atoms. The summed E-state index contributed by atoms with van der Waals surface area (Å²) in [6, 6.07) is 6.90. The van der Waals surface area contributed by atoms with E-state index in [0.29, 0.717) is 31.6 Å². The van der Waals surface area contributed by atoms with Crippen LogP contribution in [0, 0.1) is 5.92 Å². The average Bonchev–Trinajstić information content (AvgIpc) is 3.01. The maximum Gasteiger partial charge on any atom is 0.306 e. The Balaban J connectivity index is 2.01. The van der Waals surface area contributed by atoms with Crippen LogP contribution in [0.3, 0.4) is 0 Å². The lowest BCUT2D eigenvalue weighted by Gasteiger charge is -2.17. The zero-order valence-corrected chi connectivity index (χ0v) is 13.5. The number of carbonyl (C=O) groups is 1. The van der Waals surface area contributed by atoms with Gasteiger partial charge in [0.25, 0.3) is 0 Å². The lowest BCUT2D eigenvalue weighted by Crippen LogP contribution is -2.33. The molecule has 1 aliphatic rings. The summed E-state index contributed by atoms with van der Waals surface area (Å²) in [7, 11) is -3.48. The van der Waals surface area contributed by atoms with E-state index in [1.807, 2.05) is 6.92 Å². The van der Waals surface area contributed by atoms with E-state index in [0.717, 1.165) is 18.4 Å². The Labute approximate surface area is 131 Å². The Morgan fingerprint density at radius 3 is 2.36 bits per heavy atom. The fraction of sp³-hybridized carbons (Fsp3) is 0.533. The van der Waals surface area contributed by atoms with Gasteiger partial charge in [-0.1, -0.05) is 19.1 Å². The molecule has 0 spiro atoms. The molecule has 122 valence electrons. The van der Waals surface area contributed by atoms with E-state index < -0.39 is 22.1 Å². The van der Waals surface area contributed by atoms with E-state index in [-0.39, 0.29) is 0 Å². The van der Waals surface area contributed by atoms with Crippen molar-refractivity contribution in [1.29, 1.82) is 0 Å². The molecule has 7 heteroatoms. The topological polar surface area (TPSA) is 86.7 Å². The van der Waals surface area contributed by atoms with Crippen LogP contribution in [0.25, 0.3) is 0 Å². The van der Waals surface area contributed by atoms with Gasteiger partial charge in [-0.3, -0.25) is 9.52 Å². The van der Waals surface area contributed by atoms with E-state index in [2.05, 4.69) is 4.72 Å². The second kappa shape index (κ2) is 7.11. The van der Waals surface area contributed by atoms with E-state index in [4.69, 9.17) is 5.11 Å². The molecule has 0 amide bonds. The molecule has 22 heavy (non-hydrogen) atoms. The van der Waals surface area contributed by atoms with Crippen LogP contribution in [-0.4, -0.2) is 36.9 Å². The Morgan fingerprint density at radius 2 is 1.86 bits per heavy atom. The molecule has 1 aliphatic heterocycles. The van der Waals surface area contributed by atoms with Crippen molar-refractivity contribution in [2.45, 2.75) is 32.6 Å². The summed E-state index contributed by atoms with van der Waals surface area (Å²) >= 11 is 0. The maximum absolute atomic E-state index is 12.1. The summed E-state index contributed by atoms with van der Waals surface area (Å²) in [6.45, 7) is 2.96. The number of hydrogen-bond acceptors (Lipinski definition) is 3. The van der Waals surface area contributed by atoms with Gasteiger partial charge < -0.3 is 5.11 Å². The quantitative estimate of drug-likeness (QED) is 0.803. The van der Waals surface area contributed by atoms with Crippen molar-refractivity contribution in [3.8, 4) is 0 Å². The highest BCUT2D eigenvalue weighted by molar-refractivity contribution is 7.90. The van der Waals surface area contributed by atoms with Crippen molar-refractivity contribution in [2.75, 3.05) is 17.8 Å². The van der Waals surface area contributed by atoms with Gasteiger partial charge >= 0.3 is 16.2 Å². The first-order valence-electron chi connectivity index (χ1n) is 7.52. The summed E-state index contributed by atoms with van der Waals surface area (Å²) in [6.07, 6.45) is 2.81. The third-order valence-corrected chi connectivity index (χ3v) is 5.47. The first-order valence-corrected chi connectivity index (χ1v) is 8.96. The molecule has 1 aromatic carbocycles. The largest absolute Gasteiger partial charge is 0.481 e. The van der Waals surface area contributed by atoms with Gasteiger partial charge in [-0.05, 0) is 43.4 Å². The first-order chi connectivity index (χ1) is 10.4. The van der Waals surface area contributed by atoms with Crippen molar-refractivity contribution in [3.63, 3.8) is 0 Å². The van der Waals surface area contributed by atoms with E-state index in [1.165, 1.54) is 4.31 Å². The maximum atomic E-state index is 12.1. The number of nitrogens with one attached hydrogen (secondary N) is 1. The smallest absolute Gasteiger partial charge is 0.306 e. The monoisotopic (exact) mass is 326 g/mol. The molecule has 1 atom stereocenters. The van der Waals surface area contributed by atoms with Crippen LogP contribution in [0.2, 0.25) is 0 Å². The molecule has 6 nitrogen and oxygen atoms in total. The van der Waals surface area contributed by atoms with Crippen LogP contribution in [0.5, 0.6) is 0 Å². The number of hydrogen-bond donors (Lipinski definition) is 2. The van der Waals surface area contributed by atoms with Gasteiger partial charge in [0, 0.05) is 18.8 Å². The normalized spacial score (nSPS) is 17.3. The Hall–Kier alpha value is -1.60. The fourth-order valence-electron chi connectivity index (χ4n) is 2.54. The van der Waals surface area contributed by atoms with Gasteiger partial charge in [0.05, 0.1) is 5.92 Å². The zero-order valence-electron chi connectivity index (χ0n) is 12.7. The first kappa shape index (κ1) is 16.8. The van der Waals surface area contributed by atoms with Gasteiger partial charge in [-0.2, -0.15) is 12.7 Å². The third-order valence-electron chi connectivity index (χ3n) is 3.93. The zero-order chi connectivity index (χ0) is 16.2. The Kier molecular flexibility index (Phi) is 5.42. The van der Waals surface area contributed by atoms with E-state index in [9.17, 15) is 13.2 Å². The second-order valence-corrected chi connectivity index (χ2v) is 7.23. The molecule has 1 saturated heterocycles. The summed E-state index contributed by atoms with van der Waals surface area (Å²) in [5.74, 6) is -1.21. The van der Waals surface area contributed by atoms with Crippen molar-refractivity contribution >= 4 is 21.9 Å². The molecular weight excluding hydrogens is 304 g/mol. The number of rotatable bonds is 7. The number of aliphatic carboxylic acids is 1. The minimum absolute atomic E-state index is 0.410. The molecule has 1 heterocycles. The summed E-state index contributed by atoms with van der Waals surface area (Å²) < 4.78 is 28.3. The lowest BCUT2D eigenvalue weighted by atomic mass is 9.97. The van der Waals surface area contributed by atoms with E-state index >= 15 is 0 Å². The van der Waals surface area contributed by atoms with Crippen molar-refractivity contribution < 1.29 is 18.3 Å². The number of anilines is 1. The van der Waals surface area contributed by atoms with Gasteiger partial charge in [0.2, 0.25) is 0 Å². The molecular formula is C15H22N2O4S. The van der Waals surface area contributed by atoms with Gasteiger partial charge in [0.1, 0.15) is 0 Å². The second-order valence-electron chi connectivity index (χ2n) is 5.56. The fourth-order valence-corrected chi connectivity index (χ4v) is 3.84. The highest BCUT2D eigenvalue weighted by Crippen LogP contribution is 2.19. The van der Waals surface area contributed by atoms with Gasteiger partial charge in [-0.25, -0.2) is 0 Å². The van der Waals surface area contributed by atoms with Crippen LogP contribution in [0.15, 0.2) is 24.3 Å². The molecule has 0 saturated carbocycles. The SMILES string of the molecule is CCC(Cc1ccc(NS(=O)(=O)N2CCCC2)cc1)C(=O)O. The predicted molar refractivity (Wildman–Crippen MR) is 84.9 cm³/mol. The molecule has 2 rings (SSSR count). The molecule has 0 aromatic heterocycles. The average molecular weight is 326 g/mol. The van der Waals surface area contributed by atoms with Crippen molar-refractivity contribution in [2.24, 2.45) is 5.92 Å². The molecule has 1 fully saturated rings. The van der Waals surface area contributed by atoms with Crippen LogP contribution in [0.1, 0.15) is 31.7 Å². The Bertz CT molecular complexity index is 607.